The molecule has 0 aliphatic carbocycles. The minimum Gasteiger partial charge on any atom is -0.310 e. The Kier molecular flexibility index (Phi) is 16.9. The van der Waals surface area contributed by atoms with Gasteiger partial charge in [-0.1, -0.05) is 381 Å². The van der Waals surface area contributed by atoms with Crippen LogP contribution >= 0.6 is 0 Å². The smallest absolute Gasteiger partial charge is 0.252 e. The maximum atomic E-state index is 2.71. The summed E-state index contributed by atoms with van der Waals surface area (Å²) in [5.41, 5.74) is 34.0. The number of anilines is 9. The number of benzene rings is 21. The molecule has 0 fully saturated rings. The number of nitrogens with zero attached hydrogens (tertiary/aromatic N) is 3. The number of rotatable bonds is 13. The lowest BCUT2D eigenvalue weighted by Crippen LogP contribution is -2.61. The van der Waals surface area contributed by atoms with Crippen molar-refractivity contribution in [2.75, 3.05) is 14.7 Å². The standard InChI is InChI=1S/C118H86BN3/c1-117(2,3)95-67-89-47-43-85-63-93(64-86-44-48-90(68-95)112(89)110(85)86)83-55-61-104-106(71-83)121(115-100(79-31-17-9-18-32-79)39-25-40-101(115)80-33-19-10-20-34-80)108-73-99(120(97-57-51-77(52-58-97)75-27-13-7-14-28-75)98-59-53-78(54-60-98)76-29-15-8-16-30-76)74-109-114(108)119(104)105-62-56-84(94-65-87-45-49-91-69-96(118(4,5)6)70-92-50-46-88(66-94)111(87)113(91)92)72-107(105)122(109)116-102(81-35-21-11-22-36-81)41-26-42-103(116)82-37-23-12-24-38-82/h7-74H,1-6H3. The van der Waals surface area contributed by atoms with Gasteiger partial charge in [-0.15, -0.1) is 0 Å². The molecular formula is C118H86BN3. The van der Waals surface area contributed by atoms with Gasteiger partial charge in [0, 0.05) is 56.4 Å². The zero-order valence-corrected chi connectivity index (χ0v) is 69.2. The van der Waals surface area contributed by atoms with Gasteiger partial charge in [-0.05, 0) is 243 Å². The molecule has 2 heterocycles. The fourth-order valence-electron chi connectivity index (χ4n) is 20.1. The molecule has 0 saturated carbocycles. The van der Waals surface area contributed by atoms with Crippen molar-refractivity contribution in [3.8, 4) is 89.0 Å². The quantitative estimate of drug-likeness (QED) is 0.0841. The lowest BCUT2D eigenvalue weighted by molar-refractivity contribution is 0.591. The van der Waals surface area contributed by atoms with Crippen LogP contribution in [0.4, 0.5) is 51.2 Å². The van der Waals surface area contributed by atoms with Gasteiger partial charge in [0.1, 0.15) is 0 Å². The highest BCUT2D eigenvalue weighted by Gasteiger charge is 2.46. The van der Waals surface area contributed by atoms with Crippen molar-refractivity contribution in [3.05, 3.63) is 424 Å². The van der Waals surface area contributed by atoms with E-state index >= 15 is 0 Å². The van der Waals surface area contributed by atoms with Gasteiger partial charge in [0.15, 0.2) is 0 Å². The van der Waals surface area contributed by atoms with Crippen molar-refractivity contribution in [2.45, 2.75) is 52.4 Å². The second-order valence-electron chi connectivity index (χ2n) is 35.5. The Morgan fingerprint density at radius 1 is 0.205 bits per heavy atom. The van der Waals surface area contributed by atoms with Gasteiger partial charge >= 0.3 is 0 Å². The van der Waals surface area contributed by atoms with Gasteiger partial charge in [-0.2, -0.15) is 0 Å². The lowest BCUT2D eigenvalue weighted by atomic mass is 9.33. The summed E-state index contributed by atoms with van der Waals surface area (Å²) in [5.74, 6) is 0. The third-order valence-electron chi connectivity index (χ3n) is 26.1. The van der Waals surface area contributed by atoms with Gasteiger partial charge in [-0.25, -0.2) is 0 Å². The highest BCUT2D eigenvalue weighted by Crippen LogP contribution is 2.56. The van der Waals surface area contributed by atoms with E-state index < -0.39 is 0 Å². The Hall–Kier alpha value is -14.8. The molecule has 0 unspecified atom stereocenters. The van der Waals surface area contributed by atoms with E-state index in [1.54, 1.807) is 0 Å². The van der Waals surface area contributed by atoms with Gasteiger partial charge in [0.2, 0.25) is 0 Å². The highest BCUT2D eigenvalue weighted by atomic mass is 15.2. The molecule has 0 atom stereocenters. The zero-order chi connectivity index (χ0) is 81.6. The summed E-state index contributed by atoms with van der Waals surface area (Å²) in [5, 5.41) is 15.3. The molecule has 21 aromatic rings. The largest absolute Gasteiger partial charge is 0.310 e. The fraction of sp³-hybridized carbons (Fsp3) is 0.0678. The van der Waals surface area contributed by atoms with Gasteiger partial charge < -0.3 is 14.7 Å². The maximum Gasteiger partial charge on any atom is 0.252 e. The number of para-hydroxylation sites is 2. The molecule has 23 rings (SSSR count). The van der Waals surface area contributed by atoms with E-state index in [-0.39, 0.29) is 17.5 Å². The van der Waals surface area contributed by atoms with E-state index in [1.807, 2.05) is 0 Å². The first-order valence-corrected chi connectivity index (χ1v) is 42.9. The van der Waals surface area contributed by atoms with Crippen LogP contribution in [0.15, 0.2) is 413 Å². The lowest BCUT2D eigenvalue weighted by Gasteiger charge is -2.46. The Morgan fingerprint density at radius 2 is 0.467 bits per heavy atom. The summed E-state index contributed by atoms with van der Waals surface area (Å²) in [6.45, 7) is 13.6. The van der Waals surface area contributed by atoms with Crippen LogP contribution in [0.2, 0.25) is 0 Å². The van der Waals surface area contributed by atoms with Crippen LogP contribution in [-0.2, 0) is 10.8 Å². The van der Waals surface area contributed by atoms with Crippen LogP contribution < -0.4 is 31.1 Å². The summed E-state index contributed by atoms with van der Waals surface area (Å²) in [6.07, 6.45) is 0. The average Bonchev–Trinajstić information content (AvgIpc) is 0.684. The zero-order valence-electron chi connectivity index (χ0n) is 69.2. The predicted octanol–water partition coefficient (Wildman–Crippen LogP) is 31.0. The third-order valence-corrected chi connectivity index (χ3v) is 26.1. The molecule has 2 aliphatic heterocycles. The van der Waals surface area contributed by atoms with Crippen LogP contribution in [0, 0.1) is 0 Å². The fourth-order valence-corrected chi connectivity index (χ4v) is 20.1. The van der Waals surface area contributed by atoms with Gasteiger partial charge in [0.05, 0.1) is 17.1 Å². The first-order valence-electron chi connectivity index (χ1n) is 42.9. The summed E-state index contributed by atoms with van der Waals surface area (Å²) >= 11 is 0. The topological polar surface area (TPSA) is 9.72 Å². The molecule has 576 valence electrons. The van der Waals surface area contributed by atoms with Crippen LogP contribution in [-0.4, -0.2) is 6.71 Å². The SMILES string of the molecule is CC(C)(C)c1cc2ccc3cc(-c4ccc5c(c4)N(c4c(-c6ccccc6)cccc4-c4ccccc4)c4cc(N(c6ccc(-c7ccccc7)cc6)c6ccc(-c7ccccc7)cc6)cc6c4B5c4ccc(-c5cc7ccc8cc(C(C)(C)C)cc9ccc(c5)c7c89)cc4N6c4c(-c5ccccc5)cccc4-c4ccccc4)cc4ccc(c1)c2c34. The summed E-state index contributed by atoms with van der Waals surface area (Å²) in [7, 11) is 0. The van der Waals surface area contributed by atoms with E-state index in [0.717, 1.165) is 140 Å². The highest BCUT2D eigenvalue weighted by molar-refractivity contribution is 7.00. The summed E-state index contributed by atoms with van der Waals surface area (Å²) in [4.78, 5) is 7.94. The molecule has 0 amide bonds. The van der Waals surface area contributed by atoms with E-state index in [1.165, 1.54) is 92.2 Å². The minimum atomic E-state index is -0.307. The molecule has 0 bridgehead atoms. The molecule has 0 radical (unpaired) electrons. The Balaban J connectivity index is 0.857. The normalized spacial score (nSPS) is 12.6. The molecule has 21 aromatic carbocycles. The molecule has 0 saturated heterocycles. The van der Waals surface area contributed by atoms with E-state index in [0.29, 0.717) is 0 Å². The average molecular weight is 1560 g/mol. The van der Waals surface area contributed by atoms with Crippen LogP contribution in [0.3, 0.4) is 0 Å². The van der Waals surface area contributed by atoms with Crippen LogP contribution in [0.25, 0.3) is 154 Å². The number of hydrogen-bond acceptors (Lipinski definition) is 3. The Bertz CT molecular complexity index is 6960. The number of hydrogen-bond donors (Lipinski definition) is 0. The predicted molar refractivity (Wildman–Crippen MR) is 523 cm³/mol. The summed E-state index contributed by atoms with van der Waals surface area (Å²) < 4.78 is 0. The first-order chi connectivity index (χ1) is 59.7. The molecule has 2 aliphatic rings. The number of fused-ring (bicyclic) bond motifs is 4. The Labute approximate surface area is 713 Å². The molecule has 122 heavy (non-hydrogen) atoms. The second kappa shape index (κ2) is 28.4. The van der Waals surface area contributed by atoms with Gasteiger partial charge in [0.25, 0.3) is 6.71 Å². The van der Waals surface area contributed by atoms with Crippen molar-refractivity contribution in [1.82, 2.24) is 0 Å². The first kappa shape index (κ1) is 72.4. The maximum absolute atomic E-state index is 2.71. The molecule has 3 nitrogen and oxygen atoms in total. The van der Waals surface area contributed by atoms with Crippen molar-refractivity contribution >= 4 is 139 Å². The van der Waals surface area contributed by atoms with E-state index in [2.05, 4.69) is 469 Å². The Morgan fingerprint density at radius 3 is 0.754 bits per heavy atom. The summed E-state index contributed by atoms with van der Waals surface area (Å²) in [6, 6.07) is 157. The molecule has 0 spiro atoms. The van der Waals surface area contributed by atoms with Crippen LogP contribution in [0.1, 0.15) is 52.7 Å². The molecule has 0 aromatic heterocycles. The molecular weight excluding hydrogens is 1470 g/mol. The second-order valence-corrected chi connectivity index (χ2v) is 35.5. The third kappa shape index (κ3) is 12.1. The van der Waals surface area contributed by atoms with Gasteiger partial charge in [-0.3, -0.25) is 0 Å². The molecule has 4 heteroatoms. The van der Waals surface area contributed by atoms with E-state index in [9.17, 15) is 0 Å². The minimum absolute atomic E-state index is 0.000574. The molecule has 0 N–H and O–H groups in total. The van der Waals surface area contributed by atoms with Crippen molar-refractivity contribution < 1.29 is 0 Å². The van der Waals surface area contributed by atoms with Crippen molar-refractivity contribution in [1.29, 1.82) is 0 Å². The monoisotopic (exact) mass is 1560 g/mol. The van der Waals surface area contributed by atoms with Crippen molar-refractivity contribution in [2.24, 2.45) is 0 Å². The van der Waals surface area contributed by atoms with Crippen molar-refractivity contribution in [3.63, 3.8) is 0 Å². The van der Waals surface area contributed by atoms with E-state index in [4.69, 9.17) is 0 Å². The van der Waals surface area contributed by atoms with Crippen LogP contribution in [0.5, 0.6) is 0 Å².